The number of aromatic nitrogens is 1. The fourth-order valence-electron chi connectivity index (χ4n) is 7.31. The van der Waals surface area contributed by atoms with Crippen molar-refractivity contribution in [2.24, 2.45) is 17.4 Å². The van der Waals surface area contributed by atoms with E-state index in [4.69, 9.17) is 11.5 Å². The Hall–Kier alpha value is -5.57. The molecule has 1 aliphatic rings. The molecule has 0 radical (unpaired) electrons. The zero-order valence-corrected chi connectivity index (χ0v) is 32.7. The fourth-order valence-corrected chi connectivity index (χ4v) is 8.42. The number of carbonyl (C=O) groups excluding carboxylic acids is 5. The maximum absolute atomic E-state index is 14.5. The molecule has 57 heavy (non-hydrogen) atoms. The summed E-state index contributed by atoms with van der Waals surface area (Å²) < 4.78 is 1.06. The smallest absolute Gasteiger partial charge is 0.243 e. The summed E-state index contributed by atoms with van der Waals surface area (Å²) in [7, 11) is 0. The molecular formula is C43H52N8O5S. The SMILES string of the molecule is NCCCC[C@H](NC(=O)[C@H](Cc1ccccc1)NC(=O)[C@@H](Cc1c[nH]c2ccccc12)NC(=O)[C@@H](Cc1cc2ccccc2s1)NC(=O)C1CCNCC1)C(N)=O. The summed E-state index contributed by atoms with van der Waals surface area (Å²) in [4.78, 5) is 73.1. The predicted octanol–water partition coefficient (Wildman–Crippen LogP) is 2.96. The molecule has 6 rings (SSSR count). The Bertz CT molecular complexity index is 2110. The van der Waals surface area contributed by atoms with Gasteiger partial charge in [-0.25, -0.2) is 0 Å². The molecule has 0 unspecified atom stereocenters. The molecule has 3 heterocycles. The molecule has 0 aliphatic carbocycles. The Morgan fingerprint density at radius 3 is 2.05 bits per heavy atom. The van der Waals surface area contributed by atoms with Crippen molar-refractivity contribution in [3.63, 3.8) is 0 Å². The minimum Gasteiger partial charge on any atom is -0.368 e. The molecule has 14 heteroatoms. The van der Waals surface area contributed by atoms with E-state index in [0.717, 1.165) is 37.0 Å². The van der Waals surface area contributed by atoms with E-state index in [9.17, 15) is 24.0 Å². The summed E-state index contributed by atoms with van der Waals surface area (Å²) >= 11 is 1.55. The molecule has 0 spiro atoms. The minimum atomic E-state index is -1.15. The van der Waals surface area contributed by atoms with E-state index < -0.39 is 47.8 Å². The number of piperidine rings is 1. The molecular weight excluding hydrogens is 741 g/mol. The molecule has 2 aromatic heterocycles. The number of H-pyrrole nitrogens is 1. The van der Waals surface area contributed by atoms with E-state index in [2.05, 4.69) is 31.6 Å². The monoisotopic (exact) mass is 792 g/mol. The normalized spacial score (nSPS) is 15.3. The molecule has 10 N–H and O–H groups in total. The Balaban J connectivity index is 1.28. The Kier molecular flexibility index (Phi) is 14.4. The molecule has 3 aromatic carbocycles. The third-order valence-electron chi connectivity index (χ3n) is 10.5. The van der Waals surface area contributed by atoms with Crippen LogP contribution in [0, 0.1) is 5.92 Å². The van der Waals surface area contributed by atoms with Gasteiger partial charge < -0.3 is 43.0 Å². The summed E-state index contributed by atoms with van der Waals surface area (Å²) in [6.45, 7) is 1.86. The third kappa shape index (κ3) is 11.3. The molecule has 1 aliphatic heterocycles. The van der Waals surface area contributed by atoms with E-state index >= 15 is 0 Å². The van der Waals surface area contributed by atoms with Gasteiger partial charge in [-0.3, -0.25) is 24.0 Å². The van der Waals surface area contributed by atoms with Crippen molar-refractivity contribution in [2.45, 2.75) is 75.5 Å². The van der Waals surface area contributed by atoms with E-state index in [1.165, 1.54) is 0 Å². The second kappa shape index (κ2) is 20.0. The Labute approximate surface area is 336 Å². The lowest BCUT2D eigenvalue weighted by atomic mass is 9.96. The van der Waals surface area contributed by atoms with Crippen LogP contribution in [-0.4, -0.2) is 78.3 Å². The summed E-state index contributed by atoms with van der Waals surface area (Å²) in [5, 5.41) is 16.9. The average Bonchev–Trinajstić information content (AvgIpc) is 3.83. The van der Waals surface area contributed by atoms with E-state index in [-0.39, 0.29) is 31.1 Å². The van der Waals surface area contributed by atoms with Gasteiger partial charge in [0.05, 0.1) is 0 Å². The van der Waals surface area contributed by atoms with Gasteiger partial charge in [0, 0.05) is 51.9 Å². The lowest BCUT2D eigenvalue weighted by molar-refractivity contribution is -0.135. The number of carbonyl (C=O) groups is 5. The van der Waals surface area contributed by atoms with E-state index in [0.29, 0.717) is 51.7 Å². The van der Waals surface area contributed by atoms with Crippen LogP contribution in [-0.2, 0) is 43.2 Å². The number of benzene rings is 3. The molecule has 4 atom stereocenters. The number of primary amides is 1. The first kappa shape index (κ1) is 41.1. The first-order valence-corrected chi connectivity index (χ1v) is 20.5. The van der Waals surface area contributed by atoms with Gasteiger partial charge in [0.2, 0.25) is 29.5 Å². The average molecular weight is 793 g/mol. The van der Waals surface area contributed by atoms with Crippen molar-refractivity contribution >= 4 is 61.9 Å². The maximum Gasteiger partial charge on any atom is 0.243 e. The molecule has 300 valence electrons. The number of thiophene rings is 1. The lowest BCUT2D eigenvalue weighted by Crippen LogP contribution is -2.59. The molecule has 0 bridgehead atoms. The highest BCUT2D eigenvalue weighted by molar-refractivity contribution is 7.19. The largest absolute Gasteiger partial charge is 0.368 e. The van der Waals surface area contributed by atoms with Gasteiger partial charge in [-0.15, -0.1) is 11.3 Å². The third-order valence-corrected chi connectivity index (χ3v) is 11.6. The second-order valence-corrected chi connectivity index (χ2v) is 15.8. The van der Waals surface area contributed by atoms with Crippen molar-refractivity contribution in [1.29, 1.82) is 0 Å². The van der Waals surface area contributed by atoms with Gasteiger partial charge in [0.1, 0.15) is 24.2 Å². The van der Waals surface area contributed by atoms with E-state index in [1.54, 1.807) is 17.5 Å². The van der Waals surface area contributed by atoms with Crippen LogP contribution in [0.3, 0.4) is 0 Å². The van der Waals surface area contributed by atoms with Crippen LogP contribution in [0.15, 0.2) is 91.1 Å². The number of fused-ring (bicyclic) bond motifs is 2. The van der Waals surface area contributed by atoms with Gasteiger partial charge in [-0.05, 0) is 86.5 Å². The second-order valence-electron chi connectivity index (χ2n) is 14.7. The van der Waals surface area contributed by atoms with Crippen molar-refractivity contribution in [1.82, 2.24) is 31.6 Å². The molecule has 13 nitrogen and oxygen atoms in total. The highest BCUT2D eigenvalue weighted by atomic mass is 32.1. The number of para-hydroxylation sites is 1. The molecule has 0 saturated carbocycles. The summed E-state index contributed by atoms with van der Waals surface area (Å²) in [6.07, 6.45) is 5.07. The quantitative estimate of drug-likeness (QED) is 0.0585. The first-order valence-electron chi connectivity index (χ1n) is 19.7. The van der Waals surface area contributed by atoms with Crippen LogP contribution in [0.5, 0.6) is 0 Å². The molecule has 1 saturated heterocycles. The van der Waals surface area contributed by atoms with Crippen molar-refractivity contribution in [2.75, 3.05) is 19.6 Å². The minimum absolute atomic E-state index is 0.0854. The summed E-state index contributed by atoms with van der Waals surface area (Å²) in [5.74, 6) is -2.85. The topological polar surface area (TPSA) is 213 Å². The molecule has 1 fully saturated rings. The van der Waals surface area contributed by atoms with Crippen LogP contribution in [0.4, 0.5) is 0 Å². The van der Waals surface area contributed by atoms with Gasteiger partial charge in [0.15, 0.2) is 0 Å². The standard InChI is InChI=1S/C43H52N8O5S/c44-19-9-8-15-34(39(45)52)48-41(54)35(22-27-10-2-1-3-11-27)50-42(55)36(24-30-26-47-33-14-6-5-13-32(30)33)51-43(56)37(49-40(53)28-17-20-46-21-18-28)25-31-23-29-12-4-7-16-38(29)57-31/h1-7,10-14,16,23,26,28,34-37,46-47H,8-9,15,17-22,24-25,44H2,(H2,45,52)(H,48,54)(H,49,53)(H,50,55)(H,51,56)/t34-,35-,36+,37+/m0/s1. The highest BCUT2D eigenvalue weighted by Gasteiger charge is 2.33. The number of nitrogens with one attached hydrogen (secondary N) is 6. The fraction of sp³-hybridized carbons (Fsp3) is 0.372. The molecule has 5 aromatic rings. The van der Waals surface area contributed by atoms with Crippen molar-refractivity contribution in [3.8, 4) is 0 Å². The number of unbranched alkanes of at least 4 members (excludes halogenated alkanes) is 1. The molecule has 5 amide bonds. The summed E-state index contributed by atoms with van der Waals surface area (Å²) in [6, 6.07) is 22.6. The van der Waals surface area contributed by atoms with Crippen molar-refractivity contribution in [3.05, 3.63) is 107 Å². The predicted molar refractivity (Wildman–Crippen MR) is 223 cm³/mol. The van der Waals surface area contributed by atoms with Crippen molar-refractivity contribution < 1.29 is 24.0 Å². The van der Waals surface area contributed by atoms with Crippen LogP contribution < -0.4 is 38.1 Å². The maximum atomic E-state index is 14.5. The van der Waals surface area contributed by atoms with Crippen LogP contribution in [0.2, 0.25) is 0 Å². The van der Waals surface area contributed by atoms with Gasteiger partial charge in [-0.2, -0.15) is 0 Å². The zero-order valence-electron chi connectivity index (χ0n) is 31.9. The Morgan fingerprint density at radius 1 is 0.719 bits per heavy atom. The first-order chi connectivity index (χ1) is 27.7. The zero-order chi connectivity index (χ0) is 40.1. The van der Waals surface area contributed by atoms with Crippen LogP contribution >= 0.6 is 11.3 Å². The number of hydrogen-bond acceptors (Lipinski definition) is 8. The number of rotatable bonds is 19. The van der Waals surface area contributed by atoms with Gasteiger partial charge >= 0.3 is 0 Å². The van der Waals surface area contributed by atoms with Crippen LogP contribution in [0.1, 0.15) is 48.1 Å². The summed E-state index contributed by atoms with van der Waals surface area (Å²) in [5.41, 5.74) is 13.7. The van der Waals surface area contributed by atoms with Gasteiger partial charge in [0.25, 0.3) is 0 Å². The van der Waals surface area contributed by atoms with E-state index in [1.807, 2.05) is 84.9 Å². The number of amides is 5. The number of aromatic amines is 1. The highest BCUT2D eigenvalue weighted by Crippen LogP contribution is 2.27. The lowest BCUT2D eigenvalue weighted by Gasteiger charge is -2.28. The van der Waals surface area contributed by atoms with Crippen LogP contribution in [0.25, 0.3) is 21.0 Å². The number of hydrogen-bond donors (Lipinski definition) is 8. The van der Waals surface area contributed by atoms with Gasteiger partial charge in [-0.1, -0.05) is 66.7 Å². The Morgan fingerprint density at radius 2 is 1.35 bits per heavy atom. The number of nitrogens with two attached hydrogens (primary N) is 2.